The van der Waals surface area contributed by atoms with Crippen molar-refractivity contribution in [3.05, 3.63) is 53.8 Å². The molecule has 0 N–H and O–H groups in total. The average Bonchev–Trinajstić information content (AvgIpc) is 2.81. The molecule has 0 atom stereocenters. The van der Waals surface area contributed by atoms with E-state index < -0.39 is 0 Å². The van der Waals surface area contributed by atoms with Crippen molar-refractivity contribution in [3.8, 4) is 0 Å². The standard InChI is InChI=1S/C15H15BFNO/c1-18(2)14-6-3-12(4-7-14)16-15-8-5-13(17)9-11(15)10-19-16/h3-9H,10H2,1-2H3. The molecule has 0 saturated heterocycles. The van der Waals surface area contributed by atoms with Gasteiger partial charge in [-0.2, -0.15) is 0 Å². The van der Waals surface area contributed by atoms with Gasteiger partial charge in [0, 0.05) is 19.8 Å². The molecule has 96 valence electrons. The molecular weight excluding hydrogens is 240 g/mol. The molecule has 3 rings (SSSR count). The van der Waals surface area contributed by atoms with Crippen molar-refractivity contribution >= 4 is 23.5 Å². The molecule has 1 aliphatic rings. The number of rotatable bonds is 2. The average molecular weight is 255 g/mol. The van der Waals surface area contributed by atoms with Crippen molar-refractivity contribution in [1.82, 2.24) is 0 Å². The van der Waals surface area contributed by atoms with Crippen LogP contribution in [0.4, 0.5) is 10.1 Å². The second-order valence-corrected chi connectivity index (χ2v) is 5.02. The first-order chi connectivity index (χ1) is 9.15. The zero-order valence-electron chi connectivity index (χ0n) is 11.1. The van der Waals surface area contributed by atoms with Crippen LogP contribution in [0.3, 0.4) is 0 Å². The van der Waals surface area contributed by atoms with Crippen molar-refractivity contribution in [2.24, 2.45) is 0 Å². The van der Waals surface area contributed by atoms with E-state index in [1.54, 1.807) is 6.07 Å². The van der Waals surface area contributed by atoms with Gasteiger partial charge in [0.15, 0.2) is 0 Å². The Morgan fingerprint density at radius 3 is 2.53 bits per heavy atom. The summed E-state index contributed by atoms with van der Waals surface area (Å²) in [5, 5.41) is 0. The summed E-state index contributed by atoms with van der Waals surface area (Å²) in [6.07, 6.45) is 0. The van der Waals surface area contributed by atoms with Gasteiger partial charge in [0.25, 0.3) is 0 Å². The Balaban J connectivity index is 1.93. The normalized spacial score (nSPS) is 13.5. The monoisotopic (exact) mass is 255 g/mol. The minimum atomic E-state index is -0.203. The molecule has 0 amide bonds. The number of hydrogen-bond donors (Lipinski definition) is 0. The third-order valence-electron chi connectivity index (χ3n) is 3.51. The Labute approximate surface area is 112 Å². The van der Waals surface area contributed by atoms with Gasteiger partial charge in [-0.05, 0) is 40.8 Å². The highest BCUT2D eigenvalue weighted by Crippen LogP contribution is 2.14. The summed E-state index contributed by atoms with van der Waals surface area (Å²) < 4.78 is 19.0. The van der Waals surface area contributed by atoms with E-state index in [1.807, 2.05) is 20.2 Å². The lowest BCUT2D eigenvalue weighted by Crippen LogP contribution is -2.41. The molecule has 0 radical (unpaired) electrons. The topological polar surface area (TPSA) is 12.5 Å². The van der Waals surface area contributed by atoms with Gasteiger partial charge in [0.1, 0.15) is 5.82 Å². The molecule has 4 heteroatoms. The molecule has 0 bridgehead atoms. The predicted octanol–water partition coefficient (Wildman–Crippen LogP) is 1.53. The molecule has 2 aromatic rings. The third-order valence-corrected chi connectivity index (χ3v) is 3.51. The smallest absolute Gasteiger partial charge is 0.362 e. The molecule has 0 spiro atoms. The van der Waals surface area contributed by atoms with Crippen LogP contribution in [0.15, 0.2) is 42.5 Å². The van der Waals surface area contributed by atoms with E-state index in [4.69, 9.17) is 4.65 Å². The summed E-state index contributed by atoms with van der Waals surface area (Å²) in [5.41, 5.74) is 4.28. The first-order valence-corrected chi connectivity index (χ1v) is 6.32. The van der Waals surface area contributed by atoms with Gasteiger partial charge in [0.05, 0.1) is 6.61 Å². The van der Waals surface area contributed by atoms with E-state index in [-0.39, 0.29) is 12.7 Å². The molecular formula is C15H15BFNO. The van der Waals surface area contributed by atoms with Gasteiger partial charge in [-0.1, -0.05) is 18.2 Å². The van der Waals surface area contributed by atoms with Crippen molar-refractivity contribution in [3.63, 3.8) is 0 Å². The molecule has 1 heterocycles. The van der Waals surface area contributed by atoms with Crippen molar-refractivity contribution < 1.29 is 9.04 Å². The van der Waals surface area contributed by atoms with Gasteiger partial charge < -0.3 is 9.55 Å². The molecule has 0 unspecified atom stereocenters. The summed E-state index contributed by atoms with van der Waals surface area (Å²) in [6, 6.07) is 13.2. The van der Waals surface area contributed by atoms with Crippen molar-refractivity contribution in [1.29, 1.82) is 0 Å². The Kier molecular flexibility index (Phi) is 3.03. The highest BCUT2D eigenvalue weighted by atomic mass is 19.1. The van der Waals surface area contributed by atoms with E-state index in [9.17, 15) is 4.39 Å². The van der Waals surface area contributed by atoms with Crippen LogP contribution in [0.1, 0.15) is 5.56 Å². The fraction of sp³-hybridized carbons (Fsp3) is 0.200. The number of anilines is 1. The Morgan fingerprint density at radius 2 is 1.84 bits per heavy atom. The van der Waals surface area contributed by atoms with Gasteiger partial charge in [0.2, 0.25) is 0 Å². The zero-order valence-corrected chi connectivity index (χ0v) is 11.1. The third kappa shape index (κ3) is 2.24. The summed E-state index contributed by atoms with van der Waals surface area (Å²) in [7, 11) is 4.03. The van der Waals surface area contributed by atoms with E-state index in [1.165, 1.54) is 6.07 Å². The van der Waals surface area contributed by atoms with Crippen LogP contribution in [0.2, 0.25) is 0 Å². The maximum absolute atomic E-state index is 13.2. The van der Waals surface area contributed by atoms with Crippen LogP contribution in [-0.4, -0.2) is 21.0 Å². The minimum absolute atomic E-state index is 0.0770. The molecule has 19 heavy (non-hydrogen) atoms. The lowest BCUT2D eigenvalue weighted by molar-refractivity contribution is 0.336. The van der Waals surface area contributed by atoms with E-state index in [0.29, 0.717) is 6.61 Å². The van der Waals surface area contributed by atoms with Crippen LogP contribution in [0.25, 0.3) is 0 Å². The molecule has 2 nitrogen and oxygen atoms in total. The number of halogens is 1. The van der Waals surface area contributed by atoms with Crippen LogP contribution < -0.4 is 15.8 Å². The molecule has 2 aromatic carbocycles. The highest BCUT2D eigenvalue weighted by molar-refractivity contribution is 6.81. The molecule has 0 saturated carbocycles. The fourth-order valence-electron chi connectivity index (χ4n) is 2.44. The number of nitrogens with zero attached hydrogens (tertiary/aromatic N) is 1. The summed E-state index contributed by atoms with van der Waals surface area (Å²) in [4.78, 5) is 2.06. The van der Waals surface area contributed by atoms with Crippen LogP contribution in [0, 0.1) is 5.82 Å². The molecule has 0 aromatic heterocycles. The van der Waals surface area contributed by atoms with Crippen LogP contribution >= 0.6 is 0 Å². The number of benzene rings is 2. The van der Waals surface area contributed by atoms with Gasteiger partial charge in [-0.25, -0.2) is 4.39 Å². The maximum Gasteiger partial charge on any atom is 0.362 e. The highest BCUT2D eigenvalue weighted by Gasteiger charge is 2.29. The second kappa shape index (κ2) is 4.70. The number of fused-ring (bicyclic) bond motifs is 1. The summed E-state index contributed by atoms with van der Waals surface area (Å²) in [5.74, 6) is -0.203. The minimum Gasteiger partial charge on any atom is -0.423 e. The fourth-order valence-corrected chi connectivity index (χ4v) is 2.44. The lowest BCUT2D eigenvalue weighted by atomic mass is 9.56. The lowest BCUT2D eigenvalue weighted by Gasteiger charge is -2.14. The van der Waals surface area contributed by atoms with Gasteiger partial charge in [-0.3, -0.25) is 0 Å². The second-order valence-electron chi connectivity index (χ2n) is 5.02. The van der Waals surface area contributed by atoms with Crippen molar-refractivity contribution in [2.45, 2.75) is 6.61 Å². The Bertz CT molecular complexity index is 598. The zero-order chi connectivity index (χ0) is 13.4. The van der Waals surface area contributed by atoms with Gasteiger partial charge in [-0.15, -0.1) is 0 Å². The van der Waals surface area contributed by atoms with E-state index >= 15 is 0 Å². The van der Waals surface area contributed by atoms with E-state index in [2.05, 4.69) is 29.2 Å². The van der Waals surface area contributed by atoms with E-state index in [0.717, 1.165) is 22.2 Å². The first-order valence-electron chi connectivity index (χ1n) is 6.32. The van der Waals surface area contributed by atoms with Crippen LogP contribution in [0.5, 0.6) is 0 Å². The molecule has 1 aliphatic heterocycles. The largest absolute Gasteiger partial charge is 0.423 e. The summed E-state index contributed by atoms with van der Waals surface area (Å²) in [6.45, 7) is 0.402. The Hall–Kier alpha value is -1.81. The summed E-state index contributed by atoms with van der Waals surface area (Å²) >= 11 is 0. The molecule has 0 aliphatic carbocycles. The maximum atomic E-state index is 13.2. The predicted molar refractivity (Wildman–Crippen MR) is 77.0 cm³/mol. The first kappa shape index (κ1) is 12.2. The van der Waals surface area contributed by atoms with Crippen molar-refractivity contribution in [2.75, 3.05) is 19.0 Å². The quantitative estimate of drug-likeness (QED) is 0.754. The number of hydrogen-bond acceptors (Lipinski definition) is 2. The molecule has 0 fully saturated rings. The van der Waals surface area contributed by atoms with Gasteiger partial charge >= 0.3 is 6.92 Å². The Morgan fingerprint density at radius 1 is 1.11 bits per heavy atom. The SMILES string of the molecule is CN(C)c1ccc(B2OCc3cc(F)ccc32)cc1. The van der Waals surface area contributed by atoms with Crippen LogP contribution in [-0.2, 0) is 11.3 Å².